The zero-order valence-electron chi connectivity index (χ0n) is 47.2. The summed E-state index contributed by atoms with van der Waals surface area (Å²) < 4.78 is 16.8. The normalized spacial score (nSPS) is 12.8. The number of allylic oxidation sites excluding steroid dienone is 16. The van der Waals surface area contributed by atoms with Crippen molar-refractivity contribution in [2.24, 2.45) is 0 Å². The van der Waals surface area contributed by atoms with Crippen LogP contribution in [0.2, 0.25) is 0 Å². The van der Waals surface area contributed by atoms with Crippen LogP contribution in [0.4, 0.5) is 0 Å². The topological polar surface area (TPSA) is 78.9 Å². The summed E-state index contributed by atoms with van der Waals surface area (Å²) in [6, 6.07) is 0. The molecule has 0 aromatic carbocycles. The van der Waals surface area contributed by atoms with Crippen LogP contribution in [0.1, 0.15) is 284 Å². The molecule has 1 unspecified atom stereocenters. The Kier molecular flexibility index (Phi) is 56.8. The van der Waals surface area contributed by atoms with Crippen molar-refractivity contribution in [2.75, 3.05) is 13.2 Å². The molecule has 1 atom stereocenters. The standard InChI is InChI=1S/C66H112O6/c1-4-7-10-13-16-19-21-23-25-27-28-29-30-31-32-33-34-35-36-37-38-40-41-43-45-47-50-53-56-59-65(68)71-62-63(61-70-64(67)58-55-52-49-18-15-12-9-6-3)72-66(69)60-57-54-51-48-46-44-42-39-26-24-22-20-17-14-11-8-5-2/h7-8,10-11,16-17,19-20,23-26,28-29,31-32,63H,4-6,9,12-15,18,21-22,27,30,33-62H2,1-3H3/b10-7-,11-8-,19-16-,20-17-,25-23-,26-24-,29-28-,32-31-. The second-order valence-electron chi connectivity index (χ2n) is 19.9. The van der Waals surface area contributed by atoms with Gasteiger partial charge in [0.15, 0.2) is 6.10 Å². The van der Waals surface area contributed by atoms with Gasteiger partial charge in [-0.1, -0.05) is 266 Å². The van der Waals surface area contributed by atoms with Crippen molar-refractivity contribution in [1.82, 2.24) is 0 Å². The first-order chi connectivity index (χ1) is 35.5. The summed E-state index contributed by atoms with van der Waals surface area (Å²) in [5.41, 5.74) is 0. The van der Waals surface area contributed by atoms with Gasteiger partial charge in [0.1, 0.15) is 13.2 Å². The van der Waals surface area contributed by atoms with Crippen molar-refractivity contribution >= 4 is 17.9 Å². The average Bonchev–Trinajstić information content (AvgIpc) is 3.38. The van der Waals surface area contributed by atoms with Crippen LogP contribution in [0, 0.1) is 0 Å². The molecule has 0 spiro atoms. The Morgan fingerprint density at radius 2 is 0.542 bits per heavy atom. The fourth-order valence-corrected chi connectivity index (χ4v) is 8.37. The zero-order chi connectivity index (χ0) is 52.2. The first kappa shape index (κ1) is 68.3. The lowest BCUT2D eigenvalue weighted by Crippen LogP contribution is -2.30. The summed E-state index contributed by atoms with van der Waals surface area (Å²) in [7, 11) is 0. The predicted octanol–water partition coefficient (Wildman–Crippen LogP) is 20.5. The van der Waals surface area contributed by atoms with Crippen LogP contribution in [-0.4, -0.2) is 37.2 Å². The molecule has 0 amide bonds. The minimum atomic E-state index is -0.780. The fourth-order valence-electron chi connectivity index (χ4n) is 8.37. The molecule has 0 N–H and O–H groups in total. The number of unbranched alkanes of at least 4 members (excludes halogenated alkanes) is 27. The maximum absolute atomic E-state index is 12.8. The molecule has 0 saturated carbocycles. The lowest BCUT2D eigenvalue weighted by atomic mass is 10.0. The molecule has 72 heavy (non-hydrogen) atoms. The van der Waals surface area contributed by atoms with Gasteiger partial charge in [-0.15, -0.1) is 0 Å². The first-order valence-corrected chi connectivity index (χ1v) is 30.2. The highest BCUT2D eigenvalue weighted by atomic mass is 16.6. The third-order valence-electron chi connectivity index (χ3n) is 12.8. The van der Waals surface area contributed by atoms with Crippen molar-refractivity contribution in [3.63, 3.8) is 0 Å². The van der Waals surface area contributed by atoms with Gasteiger partial charge < -0.3 is 14.2 Å². The number of hydrogen-bond acceptors (Lipinski definition) is 6. The molecule has 0 fully saturated rings. The second kappa shape index (κ2) is 59.9. The summed E-state index contributed by atoms with van der Waals surface area (Å²) in [6.07, 6.45) is 80.0. The molecule has 6 heteroatoms. The first-order valence-electron chi connectivity index (χ1n) is 30.2. The monoisotopic (exact) mass is 1000 g/mol. The summed E-state index contributed by atoms with van der Waals surface area (Å²) in [5.74, 6) is -0.889. The van der Waals surface area contributed by atoms with Gasteiger partial charge in [-0.3, -0.25) is 14.4 Å². The summed E-state index contributed by atoms with van der Waals surface area (Å²) in [6.45, 7) is 6.39. The fraction of sp³-hybridized carbons (Fsp3) is 0.712. The Bertz CT molecular complexity index is 1430. The quantitative estimate of drug-likeness (QED) is 0.0261. The summed E-state index contributed by atoms with van der Waals surface area (Å²) >= 11 is 0. The molecule has 0 rings (SSSR count). The molecule has 0 aliphatic heterocycles. The minimum absolute atomic E-state index is 0.0795. The number of ether oxygens (including phenoxy) is 3. The lowest BCUT2D eigenvalue weighted by Gasteiger charge is -2.18. The Labute approximate surface area is 445 Å². The smallest absolute Gasteiger partial charge is 0.306 e. The van der Waals surface area contributed by atoms with E-state index in [9.17, 15) is 14.4 Å². The van der Waals surface area contributed by atoms with E-state index in [2.05, 4.69) is 118 Å². The van der Waals surface area contributed by atoms with Crippen LogP contribution in [-0.2, 0) is 28.6 Å². The van der Waals surface area contributed by atoms with Crippen LogP contribution in [0.25, 0.3) is 0 Å². The lowest BCUT2D eigenvalue weighted by molar-refractivity contribution is -0.167. The Balaban J connectivity index is 4.15. The molecule has 412 valence electrons. The van der Waals surface area contributed by atoms with Gasteiger partial charge in [-0.25, -0.2) is 0 Å². The van der Waals surface area contributed by atoms with Gasteiger partial charge in [0.25, 0.3) is 0 Å². The van der Waals surface area contributed by atoms with Crippen LogP contribution in [0.15, 0.2) is 97.2 Å². The number of esters is 3. The van der Waals surface area contributed by atoms with E-state index in [-0.39, 0.29) is 31.1 Å². The second-order valence-corrected chi connectivity index (χ2v) is 19.9. The van der Waals surface area contributed by atoms with Gasteiger partial charge in [-0.2, -0.15) is 0 Å². The predicted molar refractivity (Wildman–Crippen MR) is 311 cm³/mol. The molecule has 0 bridgehead atoms. The van der Waals surface area contributed by atoms with E-state index in [0.717, 1.165) is 116 Å². The van der Waals surface area contributed by atoms with E-state index in [1.165, 1.54) is 128 Å². The van der Waals surface area contributed by atoms with Crippen LogP contribution < -0.4 is 0 Å². The number of carbonyl (C=O) groups is 3. The molecule has 0 aromatic rings. The van der Waals surface area contributed by atoms with Crippen molar-refractivity contribution < 1.29 is 28.6 Å². The third kappa shape index (κ3) is 57.2. The highest BCUT2D eigenvalue weighted by Crippen LogP contribution is 2.16. The van der Waals surface area contributed by atoms with Crippen LogP contribution in [0.3, 0.4) is 0 Å². The summed E-state index contributed by atoms with van der Waals surface area (Å²) in [5, 5.41) is 0. The maximum atomic E-state index is 12.8. The van der Waals surface area contributed by atoms with Crippen LogP contribution >= 0.6 is 0 Å². The number of rotatable bonds is 54. The SMILES string of the molecule is CC/C=C\C/C=C\C/C=C\C/C=C\C/C=C\CCCCCCCCCCCCCCCC(=O)OCC(COC(=O)CCCCCCCCCC)OC(=O)CCCCCCCCC/C=C\C/C=C\C/C=C\CC. The van der Waals surface area contributed by atoms with E-state index in [4.69, 9.17) is 14.2 Å². The average molecular weight is 1000 g/mol. The Hall–Kier alpha value is -3.67. The molecule has 0 saturated heterocycles. The van der Waals surface area contributed by atoms with Crippen LogP contribution in [0.5, 0.6) is 0 Å². The zero-order valence-corrected chi connectivity index (χ0v) is 47.2. The number of hydrogen-bond donors (Lipinski definition) is 0. The molecular weight excluding hydrogens is 889 g/mol. The van der Waals surface area contributed by atoms with E-state index < -0.39 is 6.10 Å². The third-order valence-corrected chi connectivity index (χ3v) is 12.8. The van der Waals surface area contributed by atoms with E-state index in [0.29, 0.717) is 19.3 Å². The molecule has 0 heterocycles. The molecule has 0 aliphatic rings. The highest BCUT2D eigenvalue weighted by Gasteiger charge is 2.19. The maximum Gasteiger partial charge on any atom is 0.306 e. The van der Waals surface area contributed by atoms with Gasteiger partial charge >= 0.3 is 17.9 Å². The molecular formula is C66H112O6. The van der Waals surface area contributed by atoms with Gasteiger partial charge in [0, 0.05) is 19.3 Å². The minimum Gasteiger partial charge on any atom is -0.462 e. The molecule has 0 aliphatic carbocycles. The van der Waals surface area contributed by atoms with Gasteiger partial charge in [-0.05, 0) is 96.3 Å². The largest absolute Gasteiger partial charge is 0.462 e. The molecule has 0 radical (unpaired) electrons. The van der Waals surface area contributed by atoms with Crippen molar-refractivity contribution in [2.45, 2.75) is 290 Å². The van der Waals surface area contributed by atoms with Crippen molar-refractivity contribution in [3.05, 3.63) is 97.2 Å². The highest BCUT2D eigenvalue weighted by molar-refractivity contribution is 5.71. The van der Waals surface area contributed by atoms with E-state index in [1.54, 1.807) is 0 Å². The van der Waals surface area contributed by atoms with E-state index in [1.807, 2.05) is 0 Å². The van der Waals surface area contributed by atoms with Crippen molar-refractivity contribution in [3.8, 4) is 0 Å². The number of carbonyl (C=O) groups excluding carboxylic acids is 3. The molecule has 0 aromatic heterocycles. The van der Waals surface area contributed by atoms with Crippen molar-refractivity contribution in [1.29, 1.82) is 0 Å². The summed E-state index contributed by atoms with van der Waals surface area (Å²) in [4.78, 5) is 38.1. The van der Waals surface area contributed by atoms with Gasteiger partial charge in [0.2, 0.25) is 0 Å². The van der Waals surface area contributed by atoms with Gasteiger partial charge in [0.05, 0.1) is 0 Å². The van der Waals surface area contributed by atoms with E-state index >= 15 is 0 Å². The molecule has 6 nitrogen and oxygen atoms in total. The Morgan fingerprint density at radius 1 is 0.292 bits per heavy atom. The Morgan fingerprint density at radius 3 is 0.847 bits per heavy atom.